The molecule has 0 saturated heterocycles. The summed E-state index contributed by atoms with van der Waals surface area (Å²) in [6, 6.07) is 15.3. The second-order valence-corrected chi connectivity index (χ2v) is 6.42. The maximum Gasteiger partial charge on any atom is 0.274 e. The third-order valence-electron chi connectivity index (χ3n) is 4.32. The molecule has 7 heteroatoms. The molecule has 0 aliphatic rings. The van der Waals surface area contributed by atoms with Crippen LogP contribution in [0, 0.1) is 5.82 Å². The molecule has 0 spiro atoms. The van der Waals surface area contributed by atoms with Crippen molar-refractivity contribution in [1.82, 2.24) is 14.9 Å². The van der Waals surface area contributed by atoms with Crippen LogP contribution < -0.4 is 5.32 Å². The van der Waals surface area contributed by atoms with Gasteiger partial charge in [0, 0.05) is 37.6 Å². The first-order chi connectivity index (χ1) is 14.1. The van der Waals surface area contributed by atoms with Crippen molar-refractivity contribution in [3.63, 3.8) is 0 Å². The molecule has 0 bridgehead atoms. The predicted molar refractivity (Wildman–Crippen MR) is 108 cm³/mol. The van der Waals surface area contributed by atoms with Crippen LogP contribution in [0.5, 0.6) is 0 Å². The molecule has 0 unspecified atom stereocenters. The van der Waals surface area contributed by atoms with Gasteiger partial charge in [0.25, 0.3) is 5.91 Å². The Morgan fingerprint density at radius 3 is 2.41 bits per heavy atom. The Hall–Kier alpha value is -3.61. The number of aromatic nitrogens is 2. The Balaban J connectivity index is 1.62. The number of rotatable bonds is 8. The van der Waals surface area contributed by atoms with Crippen molar-refractivity contribution in [2.24, 2.45) is 0 Å². The van der Waals surface area contributed by atoms with Crippen LogP contribution in [0.3, 0.4) is 0 Å². The first-order valence-electron chi connectivity index (χ1n) is 9.26. The first kappa shape index (κ1) is 20.1. The largest absolute Gasteiger partial charge is 0.336 e. The lowest BCUT2D eigenvalue weighted by molar-refractivity contribution is -0.116. The van der Waals surface area contributed by atoms with Crippen LogP contribution in [-0.2, 0) is 11.2 Å². The Bertz CT molecular complexity index is 934. The van der Waals surface area contributed by atoms with Crippen LogP contribution in [0.1, 0.15) is 22.5 Å². The van der Waals surface area contributed by atoms with E-state index in [1.165, 1.54) is 42.9 Å². The highest BCUT2D eigenvalue weighted by molar-refractivity contribution is 5.93. The van der Waals surface area contributed by atoms with Crippen LogP contribution >= 0.6 is 0 Å². The molecule has 0 radical (unpaired) electrons. The lowest BCUT2D eigenvalue weighted by Gasteiger charge is -2.22. The van der Waals surface area contributed by atoms with Gasteiger partial charge in [-0.15, -0.1) is 0 Å². The van der Waals surface area contributed by atoms with Gasteiger partial charge < -0.3 is 10.2 Å². The summed E-state index contributed by atoms with van der Waals surface area (Å²) in [4.78, 5) is 34.7. The van der Waals surface area contributed by atoms with Crippen molar-refractivity contribution < 1.29 is 14.0 Å². The fraction of sp³-hybridized carbons (Fsp3) is 0.182. The van der Waals surface area contributed by atoms with E-state index in [2.05, 4.69) is 15.3 Å². The molecule has 0 aliphatic carbocycles. The molecule has 148 valence electrons. The average Bonchev–Trinajstić information content (AvgIpc) is 2.76. The van der Waals surface area contributed by atoms with Crippen LogP contribution in [0.2, 0.25) is 0 Å². The lowest BCUT2D eigenvalue weighted by atomic mass is 10.1. The third-order valence-corrected chi connectivity index (χ3v) is 4.32. The molecule has 29 heavy (non-hydrogen) atoms. The maximum absolute atomic E-state index is 13.0. The van der Waals surface area contributed by atoms with Gasteiger partial charge in [0.1, 0.15) is 11.5 Å². The van der Waals surface area contributed by atoms with Crippen LogP contribution in [0.25, 0.3) is 0 Å². The van der Waals surface area contributed by atoms with Crippen molar-refractivity contribution in [1.29, 1.82) is 0 Å². The average molecular weight is 392 g/mol. The van der Waals surface area contributed by atoms with E-state index >= 15 is 0 Å². The molecule has 3 rings (SSSR count). The number of hydrogen-bond acceptors (Lipinski definition) is 4. The summed E-state index contributed by atoms with van der Waals surface area (Å²) in [5.74, 6) is -0.901. The molecule has 2 aromatic carbocycles. The number of halogens is 1. The van der Waals surface area contributed by atoms with E-state index in [1.54, 1.807) is 4.90 Å². The van der Waals surface area contributed by atoms with Crippen LogP contribution in [0.15, 0.2) is 73.2 Å². The summed E-state index contributed by atoms with van der Waals surface area (Å²) in [5, 5.41) is 2.71. The van der Waals surface area contributed by atoms with Crippen molar-refractivity contribution in [2.45, 2.75) is 12.8 Å². The zero-order valence-electron chi connectivity index (χ0n) is 15.8. The quantitative estimate of drug-likeness (QED) is 0.638. The molecule has 0 aliphatic heterocycles. The summed E-state index contributed by atoms with van der Waals surface area (Å²) in [6.07, 6.45) is 5.14. The normalized spacial score (nSPS) is 10.4. The topological polar surface area (TPSA) is 75.2 Å². The van der Waals surface area contributed by atoms with Crippen molar-refractivity contribution in [3.05, 3.63) is 90.3 Å². The van der Waals surface area contributed by atoms with E-state index in [9.17, 15) is 14.0 Å². The molecule has 1 heterocycles. The predicted octanol–water partition coefficient (Wildman–Crippen LogP) is 3.33. The molecule has 2 amide bonds. The molecule has 3 aromatic rings. The minimum atomic E-state index is -0.371. The number of benzene rings is 2. The summed E-state index contributed by atoms with van der Waals surface area (Å²) < 4.78 is 13.0. The lowest BCUT2D eigenvalue weighted by Crippen LogP contribution is -2.36. The number of amides is 2. The highest BCUT2D eigenvalue weighted by atomic mass is 19.1. The molecular formula is C22H21FN4O2. The number of carbonyl (C=O) groups is 2. The Kier molecular flexibility index (Phi) is 7.00. The zero-order valence-corrected chi connectivity index (χ0v) is 15.8. The Morgan fingerprint density at radius 1 is 0.966 bits per heavy atom. The van der Waals surface area contributed by atoms with Gasteiger partial charge in [-0.1, -0.05) is 30.3 Å². The second-order valence-electron chi connectivity index (χ2n) is 6.42. The molecule has 1 aromatic heterocycles. The fourth-order valence-corrected chi connectivity index (χ4v) is 2.79. The fourth-order valence-electron chi connectivity index (χ4n) is 2.79. The second kappa shape index (κ2) is 10.1. The third kappa shape index (κ3) is 6.21. The summed E-state index contributed by atoms with van der Waals surface area (Å²) in [7, 11) is 0. The first-order valence-corrected chi connectivity index (χ1v) is 9.26. The van der Waals surface area contributed by atoms with E-state index in [4.69, 9.17) is 0 Å². The number of nitrogens with zero attached hydrogens (tertiary/aromatic N) is 3. The van der Waals surface area contributed by atoms with Crippen molar-refractivity contribution in [3.8, 4) is 0 Å². The molecule has 0 saturated carbocycles. The van der Waals surface area contributed by atoms with E-state index < -0.39 is 0 Å². The van der Waals surface area contributed by atoms with E-state index in [-0.39, 0.29) is 36.3 Å². The monoisotopic (exact) mass is 392 g/mol. The number of anilines is 1. The van der Waals surface area contributed by atoms with E-state index in [1.807, 2.05) is 30.3 Å². The van der Waals surface area contributed by atoms with Gasteiger partial charge >= 0.3 is 0 Å². The van der Waals surface area contributed by atoms with Crippen molar-refractivity contribution >= 4 is 17.5 Å². The van der Waals surface area contributed by atoms with Gasteiger partial charge in [-0.25, -0.2) is 9.37 Å². The van der Waals surface area contributed by atoms with Gasteiger partial charge in [0.15, 0.2) is 0 Å². The highest BCUT2D eigenvalue weighted by Crippen LogP contribution is 2.10. The van der Waals surface area contributed by atoms with Crippen LogP contribution in [-0.4, -0.2) is 39.8 Å². The Labute approximate surface area is 168 Å². The molecular weight excluding hydrogens is 371 g/mol. The van der Waals surface area contributed by atoms with E-state index in [0.717, 1.165) is 5.56 Å². The minimum Gasteiger partial charge on any atom is -0.336 e. The van der Waals surface area contributed by atoms with Gasteiger partial charge in [-0.05, 0) is 36.2 Å². The Morgan fingerprint density at radius 2 is 1.72 bits per heavy atom. The van der Waals surface area contributed by atoms with Crippen molar-refractivity contribution in [2.75, 3.05) is 18.4 Å². The zero-order chi connectivity index (χ0) is 20.5. The molecule has 0 atom stereocenters. The van der Waals surface area contributed by atoms with Gasteiger partial charge in [0.05, 0.1) is 6.20 Å². The van der Waals surface area contributed by atoms with Crippen LogP contribution in [0.4, 0.5) is 10.1 Å². The summed E-state index contributed by atoms with van der Waals surface area (Å²) >= 11 is 0. The molecule has 6 nitrogen and oxygen atoms in total. The number of carbonyl (C=O) groups excluding carboxylic acids is 2. The summed E-state index contributed by atoms with van der Waals surface area (Å²) in [6.45, 7) is 0.679. The standard InChI is InChI=1S/C22H21FN4O2/c23-18-6-8-19(9-7-18)26-21(28)11-15-27(14-10-17-4-2-1-3-5-17)22(29)20-16-24-12-13-25-20/h1-9,12-13,16H,10-11,14-15H2,(H,26,28). The smallest absolute Gasteiger partial charge is 0.274 e. The van der Waals surface area contributed by atoms with Gasteiger partial charge in [-0.3, -0.25) is 14.6 Å². The molecule has 0 fully saturated rings. The SMILES string of the molecule is O=C(CCN(CCc1ccccc1)C(=O)c1cnccn1)Nc1ccc(F)cc1. The van der Waals surface area contributed by atoms with Gasteiger partial charge in [0.2, 0.25) is 5.91 Å². The minimum absolute atomic E-state index is 0.109. The highest BCUT2D eigenvalue weighted by Gasteiger charge is 2.18. The number of hydrogen-bond donors (Lipinski definition) is 1. The van der Waals surface area contributed by atoms with Gasteiger partial charge in [-0.2, -0.15) is 0 Å². The maximum atomic E-state index is 13.0. The summed E-state index contributed by atoms with van der Waals surface area (Å²) in [5.41, 5.74) is 1.84. The molecule has 1 N–H and O–H groups in total. The number of nitrogens with one attached hydrogen (secondary N) is 1. The van der Waals surface area contributed by atoms with E-state index in [0.29, 0.717) is 18.7 Å².